The smallest absolute Gasteiger partial charge is 0.271 e. The standard InChI is InChI=1S/C28H33N3O4/c1-28(27(33)29-21-10-5-3-4-6-11-21)19-30-23(25-13-8-16-35-25)14-15-24(30)26(32)31(28)18-20-9-7-12-22(17-20)34-2/h7-9,12-17,21H,3-6,10-11,18-19H2,1-2H3,(H,29,33)/t28-/m1/s1. The van der Waals surface area contributed by atoms with Gasteiger partial charge in [-0.05, 0) is 61.7 Å². The van der Waals surface area contributed by atoms with Crippen LogP contribution in [-0.2, 0) is 17.9 Å². The molecule has 2 aliphatic rings. The van der Waals surface area contributed by atoms with Crippen molar-refractivity contribution in [1.29, 1.82) is 0 Å². The average Bonchev–Trinajstić information content (AvgIpc) is 3.47. The number of aromatic nitrogens is 1. The highest BCUT2D eigenvalue weighted by Gasteiger charge is 2.48. The van der Waals surface area contributed by atoms with E-state index in [1.165, 1.54) is 12.8 Å². The third kappa shape index (κ3) is 4.47. The Morgan fingerprint density at radius 3 is 2.57 bits per heavy atom. The lowest BCUT2D eigenvalue weighted by Crippen LogP contribution is -2.64. The molecule has 0 unspecified atom stereocenters. The maximum atomic E-state index is 13.9. The Balaban J connectivity index is 1.52. The van der Waals surface area contributed by atoms with Crippen molar-refractivity contribution in [2.75, 3.05) is 7.11 Å². The first-order chi connectivity index (χ1) is 17.0. The third-order valence-electron chi connectivity index (χ3n) is 7.43. The van der Waals surface area contributed by atoms with Crippen LogP contribution in [0.1, 0.15) is 61.5 Å². The number of hydrogen-bond donors (Lipinski definition) is 1. The number of fused-ring (bicyclic) bond motifs is 1. The summed E-state index contributed by atoms with van der Waals surface area (Å²) >= 11 is 0. The monoisotopic (exact) mass is 475 g/mol. The van der Waals surface area contributed by atoms with E-state index in [0.717, 1.165) is 42.7 Å². The Hall–Kier alpha value is -3.48. The van der Waals surface area contributed by atoms with Crippen molar-refractivity contribution in [3.63, 3.8) is 0 Å². The molecule has 3 heterocycles. The van der Waals surface area contributed by atoms with Gasteiger partial charge in [-0.3, -0.25) is 9.59 Å². The van der Waals surface area contributed by atoms with Gasteiger partial charge in [0.05, 0.1) is 25.6 Å². The minimum atomic E-state index is -1.07. The van der Waals surface area contributed by atoms with E-state index in [1.807, 2.05) is 60.0 Å². The van der Waals surface area contributed by atoms with Crippen LogP contribution < -0.4 is 10.1 Å². The van der Waals surface area contributed by atoms with Crippen molar-refractivity contribution < 1.29 is 18.7 Å². The molecule has 2 amide bonds. The molecule has 0 bridgehead atoms. The Kier molecular flexibility index (Phi) is 6.41. The number of carbonyl (C=O) groups is 2. The second kappa shape index (κ2) is 9.64. The number of amides is 2. The van der Waals surface area contributed by atoms with Crippen LogP contribution in [-0.4, -0.2) is 40.0 Å². The Morgan fingerprint density at radius 2 is 1.86 bits per heavy atom. The Labute approximate surface area is 206 Å². The van der Waals surface area contributed by atoms with Crippen LogP contribution in [0.3, 0.4) is 0 Å². The summed E-state index contributed by atoms with van der Waals surface area (Å²) in [6, 6.07) is 15.2. The fourth-order valence-electron chi connectivity index (χ4n) is 5.38. The van der Waals surface area contributed by atoms with E-state index in [-0.39, 0.29) is 17.9 Å². The molecule has 7 nitrogen and oxygen atoms in total. The summed E-state index contributed by atoms with van der Waals surface area (Å²) in [6.45, 7) is 2.54. The molecule has 0 saturated heterocycles. The highest BCUT2D eigenvalue weighted by Crippen LogP contribution is 2.35. The first-order valence-corrected chi connectivity index (χ1v) is 12.5. The summed E-state index contributed by atoms with van der Waals surface area (Å²) < 4.78 is 12.9. The summed E-state index contributed by atoms with van der Waals surface area (Å²) in [6.07, 6.45) is 8.26. The van der Waals surface area contributed by atoms with E-state index in [9.17, 15) is 9.59 Å². The van der Waals surface area contributed by atoms with Gasteiger partial charge in [-0.15, -0.1) is 0 Å². The molecule has 5 rings (SSSR count). The van der Waals surface area contributed by atoms with Gasteiger partial charge in [0, 0.05) is 12.6 Å². The van der Waals surface area contributed by atoms with Crippen LogP contribution in [0.15, 0.2) is 59.2 Å². The van der Waals surface area contributed by atoms with Crippen molar-refractivity contribution in [3.8, 4) is 17.2 Å². The molecule has 1 aliphatic heterocycles. The molecular formula is C28H33N3O4. The molecule has 1 fully saturated rings. The largest absolute Gasteiger partial charge is 0.497 e. The van der Waals surface area contributed by atoms with E-state index in [0.29, 0.717) is 24.5 Å². The second-order valence-corrected chi connectivity index (χ2v) is 9.85. The van der Waals surface area contributed by atoms with Crippen molar-refractivity contribution in [1.82, 2.24) is 14.8 Å². The quantitative estimate of drug-likeness (QED) is 0.509. The van der Waals surface area contributed by atoms with E-state index in [2.05, 4.69) is 5.32 Å². The fraction of sp³-hybridized carbons (Fsp3) is 0.429. The van der Waals surface area contributed by atoms with Gasteiger partial charge >= 0.3 is 0 Å². The summed E-state index contributed by atoms with van der Waals surface area (Å²) in [5.41, 5.74) is 1.20. The van der Waals surface area contributed by atoms with Crippen LogP contribution in [0.2, 0.25) is 0 Å². The molecule has 1 N–H and O–H groups in total. The zero-order valence-electron chi connectivity index (χ0n) is 20.5. The molecule has 0 radical (unpaired) electrons. The van der Waals surface area contributed by atoms with Crippen molar-refractivity contribution in [2.45, 2.75) is 70.1 Å². The number of nitrogens with one attached hydrogen (secondary N) is 1. The van der Waals surface area contributed by atoms with Gasteiger partial charge in [0.25, 0.3) is 5.91 Å². The van der Waals surface area contributed by atoms with Gasteiger partial charge in [-0.1, -0.05) is 37.8 Å². The highest BCUT2D eigenvalue weighted by molar-refractivity contribution is 6.00. The summed E-state index contributed by atoms with van der Waals surface area (Å²) in [4.78, 5) is 29.5. The van der Waals surface area contributed by atoms with Crippen LogP contribution in [0.4, 0.5) is 0 Å². The molecule has 2 aromatic heterocycles. The normalized spacial score (nSPS) is 20.9. The van der Waals surface area contributed by atoms with Gasteiger partial charge in [0.2, 0.25) is 5.91 Å². The van der Waals surface area contributed by atoms with Gasteiger partial charge in [-0.2, -0.15) is 0 Å². The lowest BCUT2D eigenvalue weighted by atomic mass is 9.92. The average molecular weight is 476 g/mol. The Morgan fingerprint density at radius 1 is 1.09 bits per heavy atom. The highest BCUT2D eigenvalue weighted by atomic mass is 16.5. The van der Waals surface area contributed by atoms with Crippen molar-refractivity contribution in [2.24, 2.45) is 0 Å². The molecule has 1 atom stereocenters. The number of benzene rings is 1. The van der Waals surface area contributed by atoms with E-state index in [4.69, 9.17) is 9.15 Å². The molecule has 7 heteroatoms. The first-order valence-electron chi connectivity index (χ1n) is 12.5. The minimum absolute atomic E-state index is 0.106. The van der Waals surface area contributed by atoms with E-state index >= 15 is 0 Å². The van der Waals surface area contributed by atoms with Gasteiger partial charge < -0.3 is 23.9 Å². The number of ether oxygens (including phenoxy) is 1. The summed E-state index contributed by atoms with van der Waals surface area (Å²) in [5, 5.41) is 3.31. The van der Waals surface area contributed by atoms with Crippen LogP contribution in [0.25, 0.3) is 11.5 Å². The van der Waals surface area contributed by atoms with Gasteiger partial charge in [0.15, 0.2) is 0 Å². The first kappa shape index (κ1) is 23.3. The number of nitrogens with zero attached hydrogens (tertiary/aromatic N) is 2. The van der Waals surface area contributed by atoms with Gasteiger partial charge in [0.1, 0.15) is 22.7 Å². The van der Waals surface area contributed by atoms with Crippen molar-refractivity contribution in [3.05, 3.63) is 66.1 Å². The molecule has 1 saturated carbocycles. The summed E-state index contributed by atoms with van der Waals surface area (Å²) in [7, 11) is 1.62. The SMILES string of the molecule is COc1cccc(CN2C(=O)c3ccc(-c4ccco4)n3C[C@]2(C)C(=O)NC2CCCCCC2)c1. The molecule has 3 aromatic rings. The zero-order valence-corrected chi connectivity index (χ0v) is 20.5. The number of methoxy groups -OCH3 is 1. The number of rotatable bonds is 6. The maximum Gasteiger partial charge on any atom is 0.271 e. The minimum Gasteiger partial charge on any atom is -0.497 e. The zero-order chi connectivity index (χ0) is 24.4. The fourth-order valence-corrected chi connectivity index (χ4v) is 5.38. The molecule has 35 heavy (non-hydrogen) atoms. The third-order valence-corrected chi connectivity index (χ3v) is 7.43. The predicted octanol–water partition coefficient (Wildman–Crippen LogP) is 5.01. The van der Waals surface area contributed by atoms with Crippen LogP contribution in [0.5, 0.6) is 5.75 Å². The Bertz CT molecular complexity index is 1190. The molecule has 0 spiro atoms. The van der Waals surface area contributed by atoms with E-state index in [1.54, 1.807) is 18.3 Å². The van der Waals surface area contributed by atoms with Crippen LogP contribution >= 0.6 is 0 Å². The van der Waals surface area contributed by atoms with Gasteiger partial charge in [-0.25, -0.2) is 0 Å². The van der Waals surface area contributed by atoms with Crippen molar-refractivity contribution >= 4 is 11.8 Å². The molecule has 1 aliphatic carbocycles. The van der Waals surface area contributed by atoms with Crippen LogP contribution in [0, 0.1) is 0 Å². The second-order valence-electron chi connectivity index (χ2n) is 9.85. The predicted molar refractivity (Wildman–Crippen MR) is 133 cm³/mol. The molecule has 1 aromatic carbocycles. The molecular weight excluding hydrogens is 442 g/mol. The number of carbonyl (C=O) groups excluding carboxylic acids is 2. The molecule has 184 valence electrons. The lowest BCUT2D eigenvalue weighted by Gasteiger charge is -2.45. The summed E-state index contributed by atoms with van der Waals surface area (Å²) in [5.74, 6) is 1.12. The lowest BCUT2D eigenvalue weighted by molar-refractivity contribution is -0.134. The maximum absolute atomic E-state index is 13.9. The number of furan rings is 1. The topological polar surface area (TPSA) is 76.7 Å². The number of hydrogen-bond acceptors (Lipinski definition) is 4. The van der Waals surface area contributed by atoms with E-state index < -0.39 is 5.54 Å².